The number of carbonyl (C=O) groups excluding carboxylic acids is 2. The molecule has 28 heavy (non-hydrogen) atoms. The minimum Gasteiger partial charge on any atom is -0.326 e. The number of nitrogens with zero attached hydrogens (tertiary/aromatic N) is 2. The lowest BCUT2D eigenvalue weighted by molar-refractivity contribution is -0.123. The molecule has 1 aromatic carbocycles. The Labute approximate surface area is 168 Å². The number of carbonyl (C=O) groups is 2. The van der Waals surface area contributed by atoms with Crippen LogP contribution in [0.5, 0.6) is 0 Å². The molecule has 0 aliphatic carbocycles. The summed E-state index contributed by atoms with van der Waals surface area (Å²) in [6.45, 7) is 5.51. The van der Waals surface area contributed by atoms with Crippen molar-refractivity contribution in [2.75, 3.05) is 10.6 Å². The van der Waals surface area contributed by atoms with E-state index < -0.39 is 5.41 Å². The van der Waals surface area contributed by atoms with Crippen molar-refractivity contribution in [3.8, 4) is 0 Å². The molecular weight excluding hydrogens is 376 g/mol. The van der Waals surface area contributed by atoms with E-state index in [-0.39, 0.29) is 11.8 Å². The van der Waals surface area contributed by atoms with E-state index in [2.05, 4.69) is 15.6 Å². The van der Waals surface area contributed by atoms with Gasteiger partial charge in [-0.15, -0.1) is 0 Å². The van der Waals surface area contributed by atoms with Crippen LogP contribution in [-0.2, 0) is 9.59 Å². The monoisotopic (exact) mass is 396 g/mol. The van der Waals surface area contributed by atoms with E-state index in [9.17, 15) is 9.59 Å². The molecule has 0 saturated heterocycles. The van der Waals surface area contributed by atoms with Crippen molar-refractivity contribution in [3.63, 3.8) is 0 Å². The Hall–Kier alpha value is -3.12. The lowest BCUT2D eigenvalue weighted by Crippen LogP contribution is -2.27. The van der Waals surface area contributed by atoms with E-state index in [1.807, 2.05) is 45.2 Å². The lowest BCUT2D eigenvalue weighted by Gasteiger charge is -2.18. The van der Waals surface area contributed by atoms with Gasteiger partial charge in [0, 0.05) is 29.1 Å². The van der Waals surface area contributed by atoms with Gasteiger partial charge in [0.1, 0.15) is 5.65 Å². The van der Waals surface area contributed by atoms with Gasteiger partial charge in [-0.2, -0.15) is 0 Å². The van der Waals surface area contributed by atoms with Crippen LogP contribution in [0.1, 0.15) is 26.5 Å². The van der Waals surface area contributed by atoms with E-state index >= 15 is 0 Å². The molecule has 3 rings (SSSR count). The Kier molecular flexibility index (Phi) is 5.51. The maximum atomic E-state index is 12.3. The molecule has 2 aromatic heterocycles. The largest absolute Gasteiger partial charge is 0.326 e. The summed E-state index contributed by atoms with van der Waals surface area (Å²) >= 11 is 6.16. The fourth-order valence-electron chi connectivity index (χ4n) is 2.47. The van der Waals surface area contributed by atoms with Crippen molar-refractivity contribution in [2.24, 2.45) is 5.41 Å². The Bertz CT molecular complexity index is 1060. The van der Waals surface area contributed by atoms with Gasteiger partial charge in [-0.05, 0) is 36.4 Å². The van der Waals surface area contributed by atoms with Crippen LogP contribution < -0.4 is 10.6 Å². The maximum Gasteiger partial charge on any atom is 0.248 e. The van der Waals surface area contributed by atoms with Crippen LogP contribution in [0.15, 0.2) is 54.7 Å². The zero-order valence-electron chi connectivity index (χ0n) is 15.9. The highest BCUT2D eigenvalue weighted by molar-refractivity contribution is 6.31. The molecule has 3 aromatic rings. The summed E-state index contributed by atoms with van der Waals surface area (Å²) in [6, 6.07) is 12.5. The third kappa shape index (κ3) is 4.58. The summed E-state index contributed by atoms with van der Waals surface area (Å²) in [5, 5.41) is 5.94. The molecule has 2 amide bonds. The zero-order chi connectivity index (χ0) is 20.3. The van der Waals surface area contributed by atoms with Gasteiger partial charge >= 0.3 is 0 Å². The fourth-order valence-corrected chi connectivity index (χ4v) is 2.71. The summed E-state index contributed by atoms with van der Waals surface area (Å²) in [4.78, 5) is 28.6. The van der Waals surface area contributed by atoms with Gasteiger partial charge in [-0.25, -0.2) is 4.98 Å². The van der Waals surface area contributed by atoms with Crippen molar-refractivity contribution in [1.29, 1.82) is 0 Å². The molecule has 144 valence electrons. The fraction of sp³-hybridized carbons (Fsp3) is 0.190. The average Bonchev–Trinajstić information content (AvgIpc) is 2.94. The van der Waals surface area contributed by atoms with Crippen LogP contribution in [0.3, 0.4) is 0 Å². The first kappa shape index (κ1) is 19.6. The second kappa shape index (κ2) is 7.86. The van der Waals surface area contributed by atoms with Crippen molar-refractivity contribution in [3.05, 3.63) is 65.6 Å². The topological polar surface area (TPSA) is 75.5 Å². The molecule has 0 fully saturated rings. The van der Waals surface area contributed by atoms with Crippen LogP contribution in [0, 0.1) is 5.41 Å². The number of hydrogen-bond acceptors (Lipinski definition) is 3. The summed E-state index contributed by atoms with van der Waals surface area (Å²) in [5.74, 6) is -0.417. The number of benzene rings is 1. The van der Waals surface area contributed by atoms with Crippen molar-refractivity contribution < 1.29 is 9.59 Å². The van der Waals surface area contributed by atoms with Gasteiger partial charge in [-0.1, -0.05) is 44.5 Å². The second-order valence-corrected chi connectivity index (χ2v) is 7.68. The summed E-state index contributed by atoms with van der Waals surface area (Å²) in [6.07, 6.45) is 4.83. The van der Waals surface area contributed by atoms with Crippen molar-refractivity contribution in [1.82, 2.24) is 9.38 Å². The van der Waals surface area contributed by atoms with Crippen LogP contribution in [0.2, 0.25) is 5.15 Å². The minimum atomic E-state index is -0.505. The van der Waals surface area contributed by atoms with Crippen molar-refractivity contribution >= 4 is 46.5 Å². The molecule has 0 saturated carbocycles. The van der Waals surface area contributed by atoms with E-state index in [1.54, 1.807) is 34.7 Å². The molecule has 0 atom stereocenters. The molecule has 0 aliphatic rings. The number of amides is 2. The Morgan fingerprint density at radius 3 is 2.50 bits per heavy atom. The predicted molar refractivity (Wildman–Crippen MR) is 112 cm³/mol. The molecule has 7 heteroatoms. The van der Waals surface area contributed by atoms with Gasteiger partial charge < -0.3 is 10.6 Å². The van der Waals surface area contributed by atoms with Crippen LogP contribution in [0.4, 0.5) is 11.4 Å². The third-order valence-corrected chi connectivity index (χ3v) is 4.26. The van der Waals surface area contributed by atoms with Gasteiger partial charge in [0.15, 0.2) is 5.15 Å². The van der Waals surface area contributed by atoms with Crippen LogP contribution >= 0.6 is 11.6 Å². The first-order chi connectivity index (χ1) is 13.2. The van der Waals surface area contributed by atoms with E-state index in [0.29, 0.717) is 27.9 Å². The van der Waals surface area contributed by atoms with Crippen LogP contribution in [-0.4, -0.2) is 21.2 Å². The number of anilines is 2. The minimum absolute atomic E-state index is 0.0990. The molecule has 2 heterocycles. The Balaban J connectivity index is 1.71. The van der Waals surface area contributed by atoms with E-state index in [0.717, 1.165) is 0 Å². The Morgan fingerprint density at radius 1 is 1.07 bits per heavy atom. The molecule has 0 unspecified atom stereocenters. The number of rotatable bonds is 4. The van der Waals surface area contributed by atoms with Gasteiger partial charge in [-0.3, -0.25) is 14.0 Å². The molecule has 0 radical (unpaired) electrons. The maximum absolute atomic E-state index is 12.3. The predicted octanol–water partition coefficient (Wildman–Crippen LogP) is 4.62. The quantitative estimate of drug-likeness (QED) is 0.631. The third-order valence-electron chi connectivity index (χ3n) is 3.98. The Morgan fingerprint density at radius 2 is 1.79 bits per heavy atom. The van der Waals surface area contributed by atoms with Crippen molar-refractivity contribution in [2.45, 2.75) is 20.8 Å². The first-order valence-corrected chi connectivity index (χ1v) is 9.15. The SMILES string of the molecule is CC(C)(C)C(=O)Nc1cccc(NC(=O)/C=C/c2c(Cl)nc3ccccn23)c1. The first-order valence-electron chi connectivity index (χ1n) is 8.77. The average molecular weight is 397 g/mol. The van der Waals surface area contributed by atoms with E-state index in [4.69, 9.17) is 11.6 Å². The van der Waals surface area contributed by atoms with Gasteiger partial charge in [0.25, 0.3) is 0 Å². The smallest absolute Gasteiger partial charge is 0.248 e. The number of pyridine rings is 1. The summed E-state index contributed by atoms with van der Waals surface area (Å²) < 4.78 is 1.80. The van der Waals surface area contributed by atoms with Gasteiger partial charge in [0.05, 0.1) is 5.69 Å². The molecular formula is C21H21ClN4O2. The second-order valence-electron chi connectivity index (χ2n) is 7.32. The highest BCUT2D eigenvalue weighted by Gasteiger charge is 2.21. The highest BCUT2D eigenvalue weighted by Crippen LogP contribution is 2.21. The number of halogens is 1. The number of hydrogen-bond donors (Lipinski definition) is 2. The van der Waals surface area contributed by atoms with E-state index in [1.165, 1.54) is 6.08 Å². The zero-order valence-corrected chi connectivity index (χ0v) is 16.6. The molecule has 6 nitrogen and oxygen atoms in total. The standard InChI is InChI=1S/C21H21ClN4O2/c1-21(2,3)20(28)24-15-8-6-7-14(13-15)23-18(27)11-10-16-19(22)25-17-9-4-5-12-26(16)17/h4-13H,1-3H3,(H,23,27)(H,24,28)/b11-10+. The molecule has 0 aliphatic heterocycles. The highest BCUT2D eigenvalue weighted by atomic mass is 35.5. The van der Waals surface area contributed by atoms with Crippen LogP contribution in [0.25, 0.3) is 11.7 Å². The number of nitrogens with one attached hydrogen (secondary N) is 2. The number of imidazole rings is 1. The molecule has 0 spiro atoms. The summed E-state index contributed by atoms with van der Waals surface area (Å²) in [5.41, 5.74) is 2.01. The van der Waals surface area contributed by atoms with Gasteiger partial charge in [0.2, 0.25) is 11.8 Å². The number of aromatic nitrogens is 2. The normalized spacial score (nSPS) is 11.7. The molecule has 0 bridgehead atoms. The summed E-state index contributed by atoms with van der Waals surface area (Å²) in [7, 11) is 0. The molecule has 2 N–H and O–H groups in total. The number of fused-ring (bicyclic) bond motifs is 1. The lowest BCUT2D eigenvalue weighted by atomic mass is 9.95.